The zero-order valence-corrected chi connectivity index (χ0v) is 19.6. The highest BCUT2D eigenvalue weighted by Gasteiger charge is 2.23. The molecule has 1 aliphatic heterocycles. The second kappa shape index (κ2) is 10.2. The lowest BCUT2D eigenvalue weighted by molar-refractivity contribution is -0.128. The van der Waals surface area contributed by atoms with Crippen LogP contribution in [0.2, 0.25) is 5.02 Å². The van der Waals surface area contributed by atoms with Gasteiger partial charge in [-0.1, -0.05) is 35.9 Å². The molecule has 0 atom stereocenters. The summed E-state index contributed by atoms with van der Waals surface area (Å²) in [5.74, 6) is 0.0709. The van der Waals surface area contributed by atoms with Gasteiger partial charge in [-0.2, -0.15) is 0 Å². The summed E-state index contributed by atoms with van der Waals surface area (Å²) in [4.78, 5) is 26.4. The molecule has 32 heavy (non-hydrogen) atoms. The van der Waals surface area contributed by atoms with Gasteiger partial charge in [0.1, 0.15) is 12.3 Å². The number of hydrogen-bond donors (Lipinski definition) is 1. The van der Waals surface area contributed by atoms with Crippen LogP contribution in [0, 0.1) is 0 Å². The van der Waals surface area contributed by atoms with Crippen LogP contribution in [-0.2, 0) is 32.7 Å². The fraction of sp³-hybridized carbons (Fsp3) is 0.364. The smallest absolute Gasteiger partial charge is 0.241 e. The summed E-state index contributed by atoms with van der Waals surface area (Å²) < 4.78 is 30.7. The van der Waals surface area contributed by atoms with Gasteiger partial charge in [0, 0.05) is 26.1 Å². The number of methoxy groups -OCH3 is 1. The number of sulfonamides is 1. The van der Waals surface area contributed by atoms with Gasteiger partial charge in [-0.3, -0.25) is 13.9 Å². The van der Waals surface area contributed by atoms with Crippen molar-refractivity contribution in [2.24, 2.45) is 0 Å². The monoisotopic (exact) mass is 479 g/mol. The van der Waals surface area contributed by atoms with Crippen molar-refractivity contribution < 1.29 is 22.7 Å². The van der Waals surface area contributed by atoms with E-state index in [2.05, 4.69) is 5.32 Å². The molecule has 10 heteroatoms. The Bertz CT molecular complexity index is 1110. The maximum atomic E-state index is 12.6. The summed E-state index contributed by atoms with van der Waals surface area (Å²) in [6.07, 6.45) is 2.45. The molecule has 8 nitrogen and oxygen atoms in total. The van der Waals surface area contributed by atoms with Crippen molar-refractivity contribution in [3.63, 3.8) is 0 Å². The number of nitrogens with one attached hydrogen (secondary N) is 1. The van der Waals surface area contributed by atoms with Crippen molar-refractivity contribution in [2.45, 2.75) is 25.9 Å². The lowest BCUT2D eigenvalue weighted by atomic mass is 10.1. The Morgan fingerprint density at radius 3 is 2.53 bits per heavy atom. The zero-order valence-electron chi connectivity index (χ0n) is 18.0. The van der Waals surface area contributed by atoms with Gasteiger partial charge in [-0.15, -0.1) is 0 Å². The second-order valence-electron chi connectivity index (χ2n) is 7.55. The summed E-state index contributed by atoms with van der Waals surface area (Å²) in [5.41, 5.74) is 2.09. The van der Waals surface area contributed by atoms with Crippen LogP contribution < -0.4 is 14.4 Å². The normalized spacial score (nSPS) is 13.8. The number of likely N-dealkylation sites (tertiary alicyclic amines) is 1. The molecule has 2 aromatic rings. The fourth-order valence-corrected chi connectivity index (χ4v) is 4.65. The van der Waals surface area contributed by atoms with Crippen LogP contribution >= 0.6 is 11.6 Å². The molecule has 2 amide bonds. The van der Waals surface area contributed by atoms with Crippen molar-refractivity contribution in [3.05, 3.63) is 58.6 Å². The maximum absolute atomic E-state index is 12.6. The van der Waals surface area contributed by atoms with Gasteiger partial charge in [-0.25, -0.2) is 8.42 Å². The van der Waals surface area contributed by atoms with Gasteiger partial charge in [0.05, 0.1) is 24.1 Å². The molecule has 2 aromatic carbocycles. The molecule has 1 aliphatic rings. The number of amides is 2. The van der Waals surface area contributed by atoms with E-state index in [4.69, 9.17) is 16.3 Å². The molecular weight excluding hydrogens is 454 g/mol. The third-order valence-corrected chi connectivity index (χ3v) is 6.67. The minimum Gasteiger partial charge on any atom is -0.495 e. The van der Waals surface area contributed by atoms with E-state index < -0.39 is 22.5 Å². The van der Waals surface area contributed by atoms with Crippen LogP contribution in [0.1, 0.15) is 24.0 Å². The zero-order chi connectivity index (χ0) is 23.3. The highest BCUT2D eigenvalue weighted by Crippen LogP contribution is 2.30. The summed E-state index contributed by atoms with van der Waals surface area (Å²) in [5, 5.41) is 3.02. The van der Waals surface area contributed by atoms with Gasteiger partial charge >= 0.3 is 0 Å². The van der Waals surface area contributed by atoms with Gasteiger partial charge in [-0.05, 0) is 35.7 Å². The molecule has 1 heterocycles. The Morgan fingerprint density at radius 2 is 1.94 bits per heavy atom. The van der Waals surface area contributed by atoms with Gasteiger partial charge in [0.25, 0.3) is 0 Å². The topological polar surface area (TPSA) is 96.0 Å². The van der Waals surface area contributed by atoms with Crippen LogP contribution in [0.3, 0.4) is 0 Å². The number of hydrogen-bond acceptors (Lipinski definition) is 5. The molecule has 0 aliphatic carbocycles. The SMILES string of the molecule is COc1ccc(N(CC(=O)NCc2ccccc2CN2CCCC2=O)S(C)(=O)=O)cc1Cl. The minimum absolute atomic E-state index is 0.130. The van der Waals surface area contributed by atoms with E-state index in [1.165, 1.54) is 19.2 Å². The first-order valence-electron chi connectivity index (χ1n) is 10.1. The van der Waals surface area contributed by atoms with Crippen molar-refractivity contribution in [1.82, 2.24) is 10.2 Å². The molecule has 3 rings (SSSR count). The minimum atomic E-state index is -3.73. The third kappa shape index (κ3) is 5.92. The number of halogens is 1. The van der Waals surface area contributed by atoms with Crippen molar-refractivity contribution >= 4 is 39.1 Å². The largest absolute Gasteiger partial charge is 0.495 e. The average molecular weight is 480 g/mol. The molecule has 0 bridgehead atoms. The number of nitrogens with zero attached hydrogens (tertiary/aromatic N) is 2. The van der Waals surface area contributed by atoms with E-state index in [0.717, 1.165) is 34.7 Å². The second-order valence-corrected chi connectivity index (χ2v) is 9.87. The van der Waals surface area contributed by atoms with Gasteiger partial charge in [0.15, 0.2) is 0 Å². The number of benzene rings is 2. The lowest BCUT2D eigenvalue weighted by Crippen LogP contribution is -2.40. The number of rotatable bonds is 9. The molecule has 0 spiro atoms. The first-order valence-corrected chi connectivity index (χ1v) is 12.3. The van der Waals surface area contributed by atoms with Gasteiger partial charge < -0.3 is 15.0 Å². The van der Waals surface area contributed by atoms with E-state index in [9.17, 15) is 18.0 Å². The van der Waals surface area contributed by atoms with Crippen LogP contribution in [0.15, 0.2) is 42.5 Å². The number of carbonyl (C=O) groups is 2. The van der Waals surface area contributed by atoms with E-state index in [1.807, 2.05) is 24.3 Å². The number of anilines is 1. The Hall–Kier alpha value is -2.78. The molecule has 1 fully saturated rings. The summed E-state index contributed by atoms with van der Waals surface area (Å²) in [7, 11) is -2.27. The molecule has 1 N–H and O–H groups in total. The van der Waals surface area contributed by atoms with E-state index in [-0.39, 0.29) is 23.2 Å². The van der Waals surface area contributed by atoms with Crippen molar-refractivity contribution in [3.8, 4) is 5.75 Å². The predicted molar refractivity (Wildman–Crippen MR) is 123 cm³/mol. The lowest BCUT2D eigenvalue weighted by Gasteiger charge is -2.23. The molecule has 0 radical (unpaired) electrons. The van der Waals surface area contributed by atoms with Crippen molar-refractivity contribution in [2.75, 3.05) is 30.8 Å². The van der Waals surface area contributed by atoms with E-state index >= 15 is 0 Å². The Morgan fingerprint density at radius 1 is 1.22 bits per heavy atom. The molecular formula is C22H26ClN3O5S. The van der Waals surface area contributed by atoms with Crippen molar-refractivity contribution in [1.29, 1.82) is 0 Å². The highest BCUT2D eigenvalue weighted by atomic mass is 35.5. The highest BCUT2D eigenvalue weighted by molar-refractivity contribution is 7.92. The standard InChI is InChI=1S/C22H26ClN3O5S/c1-31-20-10-9-18(12-19(20)23)26(32(2,29)30)15-21(27)24-13-16-6-3-4-7-17(16)14-25-11-5-8-22(25)28/h3-4,6-7,9-10,12H,5,8,11,13-15H2,1-2H3,(H,24,27). The molecule has 0 unspecified atom stereocenters. The van der Waals surface area contributed by atoms with Crippen LogP contribution in [-0.4, -0.2) is 51.6 Å². The molecule has 172 valence electrons. The van der Waals surface area contributed by atoms with Crippen LogP contribution in [0.5, 0.6) is 5.75 Å². The average Bonchev–Trinajstić information content (AvgIpc) is 3.15. The molecule has 1 saturated heterocycles. The van der Waals surface area contributed by atoms with E-state index in [0.29, 0.717) is 18.7 Å². The van der Waals surface area contributed by atoms with E-state index in [1.54, 1.807) is 11.0 Å². The van der Waals surface area contributed by atoms with Crippen LogP contribution in [0.4, 0.5) is 5.69 Å². The summed E-state index contributed by atoms with van der Waals surface area (Å²) >= 11 is 6.12. The number of ether oxygens (including phenoxy) is 1. The first kappa shape index (κ1) is 23.9. The predicted octanol–water partition coefficient (Wildman–Crippen LogP) is 2.55. The first-order chi connectivity index (χ1) is 15.2. The summed E-state index contributed by atoms with van der Waals surface area (Å²) in [6.45, 7) is 1.05. The maximum Gasteiger partial charge on any atom is 0.241 e. The quantitative estimate of drug-likeness (QED) is 0.596. The molecule has 0 aromatic heterocycles. The Labute approximate surface area is 193 Å². The van der Waals surface area contributed by atoms with Gasteiger partial charge in [0.2, 0.25) is 21.8 Å². The third-order valence-electron chi connectivity index (χ3n) is 5.24. The fourth-order valence-electron chi connectivity index (χ4n) is 3.55. The Balaban J connectivity index is 1.69. The molecule has 0 saturated carbocycles. The summed E-state index contributed by atoms with van der Waals surface area (Å²) in [6, 6.07) is 12.1. The Kier molecular flexibility index (Phi) is 7.63. The number of carbonyl (C=O) groups excluding carboxylic acids is 2. The van der Waals surface area contributed by atoms with Crippen LogP contribution in [0.25, 0.3) is 0 Å².